The van der Waals surface area contributed by atoms with Crippen LogP contribution in [0.15, 0.2) is 24.3 Å². The molecule has 1 aromatic carbocycles. The van der Waals surface area contributed by atoms with E-state index in [1.807, 2.05) is 6.92 Å². The predicted octanol–water partition coefficient (Wildman–Crippen LogP) is 1.59. The Morgan fingerprint density at radius 3 is 2.87 bits per heavy atom. The van der Waals surface area contributed by atoms with Gasteiger partial charge in [-0.25, -0.2) is 4.39 Å². The maximum atomic E-state index is 13.6. The fraction of sp³-hybridized carbons (Fsp3) is 0.529. The Morgan fingerprint density at radius 2 is 2.17 bits per heavy atom. The highest BCUT2D eigenvalue weighted by atomic mass is 19.1. The maximum Gasteiger partial charge on any atom is 0.229 e. The Balaban J connectivity index is 1.89. The van der Waals surface area contributed by atoms with Crippen molar-refractivity contribution in [2.45, 2.75) is 25.4 Å². The number of likely N-dealkylation sites (tertiary alicyclic amines) is 1. The van der Waals surface area contributed by atoms with Crippen LogP contribution in [0.2, 0.25) is 0 Å². The summed E-state index contributed by atoms with van der Waals surface area (Å²) in [5.74, 6) is -0.970. The first-order chi connectivity index (χ1) is 11.0. The summed E-state index contributed by atoms with van der Waals surface area (Å²) in [7, 11) is 1.67. The van der Waals surface area contributed by atoms with Crippen molar-refractivity contribution < 1.29 is 18.7 Å². The second kappa shape index (κ2) is 6.28. The Hall–Kier alpha value is -1.95. The van der Waals surface area contributed by atoms with Crippen molar-refractivity contribution in [3.8, 4) is 0 Å². The van der Waals surface area contributed by atoms with Crippen LogP contribution in [-0.4, -0.2) is 54.5 Å². The molecule has 3 atom stereocenters. The highest BCUT2D eigenvalue weighted by Crippen LogP contribution is 2.38. The number of ether oxygens (including phenoxy) is 1. The van der Waals surface area contributed by atoms with E-state index in [1.54, 1.807) is 29.0 Å². The van der Waals surface area contributed by atoms with Gasteiger partial charge >= 0.3 is 0 Å². The lowest BCUT2D eigenvalue weighted by atomic mass is 9.91. The van der Waals surface area contributed by atoms with Gasteiger partial charge in [0.2, 0.25) is 11.8 Å². The number of benzene rings is 1. The second-order valence-electron chi connectivity index (χ2n) is 6.27. The van der Waals surface area contributed by atoms with Crippen LogP contribution in [0.4, 0.5) is 4.39 Å². The summed E-state index contributed by atoms with van der Waals surface area (Å²) in [6.45, 7) is 3.49. The van der Waals surface area contributed by atoms with Crippen molar-refractivity contribution in [1.29, 1.82) is 0 Å². The average molecular weight is 320 g/mol. The minimum atomic E-state index is -0.477. The van der Waals surface area contributed by atoms with Crippen molar-refractivity contribution in [3.05, 3.63) is 35.6 Å². The molecule has 0 bridgehead atoms. The van der Waals surface area contributed by atoms with E-state index >= 15 is 0 Å². The van der Waals surface area contributed by atoms with E-state index in [9.17, 15) is 14.0 Å². The van der Waals surface area contributed by atoms with Gasteiger partial charge in [-0.3, -0.25) is 9.59 Å². The van der Waals surface area contributed by atoms with E-state index in [4.69, 9.17) is 4.74 Å². The van der Waals surface area contributed by atoms with Crippen molar-refractivity contribution >= 4 is 11.8 Å². The molecule has 2 saturated heterocycles. The lowest BCUT2D eigenvalue weighted by molar-refractivity contribution is -0.144. The van der Waals surface area contributed by atoms with E-state index in [1.165, 1.54) is 12.1 Å². The molecule has 2 fully saturated rings. The van der Waals surface area contributed by atoms with Crippen LogP contribution >= 0.6 is 0 Å². The third kappa shape index (κ3) is 2.95. The molecular formula is C17H21FN2O3. The molecule has 2 aliphatic heterocycles. The predicted molar refractivity (Wildman–Crippen MR) is 82.0 cm³/mol. The zero-order valence-corrected chi connectivity index (χ0v) is 13.4. The molecule has 0 aromatic heterocycles. The number of morpholine rings is 1. The Morgan fingerprint density at radius 1 is 1.39 bits per heavy atom. The van der Waals surface area contributed by atoms with Crippen molar-refractivity contribution in [1.82, 2.24) is 9.80 Å². The molecule has 2 amide bonds. The average Bonchev–Trinajstić information content (AvgIpc) is 2.83. The summed E-state index contributed by atoms with van der Waals surface area (Å²) < 4.78 is 18.9. The van der Waals surface area contributed by atoms with Crippen LogP contribution in [0.3, 0.4) is 0 Å². The standard InChI is InChI=1S/C17H21FN2O3/c1-11-10-23-7-6-20(11)17(22)14-9-15(21)19(2)16(14)12-4-3-5-13(18)8-12/h3-5,8,11,14,16H,6-7,9-10H2,1-2H3/t11-,14+,16-/m0/s1. The smallest absolute Gasteiger partial charge is 0.229 e. The van der Waals surface area contributed by atoms with Gasteiger partial charge in [0.15, 0.2) is 0 Å². The first kappa shape index (κ1) is 15.9. The molecule has 0 aliphatic carbocycles. The molecule has 0 radical (unpaired) electrons. The summed E-state index contributed by atoms with van der Waals surface area (Å²) in [6.07, 6.45) is 0.167. The van der Waals surface area contributed by atoms with Crippen molar-refractivity contribution in [2.24, 2.45) is 5.92 Å². The molecule has 5 nitrogen and oxygen atoms in total. The molecule has 2 aliphatic rings. The molecule has 3 rings (SSSR count). The fourth-order valence-corrected chi connectivity index (χ4v) is 3.51. The van der Waals surface area contributed by atoms with Gasteiger partial charge in [0, 0.05) is 20.0 Å². The summed E-state index contributed by atoms with van der Waals surface area (Å²) in [5.41, 5.74) is 0.664. The highest BCUT2D eigenvalue weighted by molar-refractivity contribution is 5.90. The van der Waals surface area contributed by atoms with Gasteiger partial charge in [0.05, 0.1) is 31.2 Å². The van der Waals surface area contributed by atoms with E-state index in [2.05, 4.69) is 0 Å². The van der Waals surface area contributed by atoms with Gasteiger partial charge in [-0.15, -0.1) is 0 Å². The molecule has 0 saturated carbocycles. The van der Waals surface area contributed by atoms with Crippen LogP contribution in [0, 0.1) is 11.7 Å². The topological polar surface area (TPSA) is 49.9 Å². The highest BCUT2D eigenvalue weighted by Gasteiger charge is 2.45. The molecule has 2 heterocycles. The van der Waals surface area contributed by atoms with E-state index in [0.29, 0.717) is 25.3 Å². The monoisotopic (exact) mass is 320 g/mol. The first-order valence-corrected chi connectivity index (χ1v) is 7.88. The summed E-state index contributed by atoms with van der Waals surface area (Å²) >= 11 is 0. The minimum absolute atomic E-state index is 0.00887. The summed E-state index contributed by atoms with van der Waals surface area (Å²) in [6, 6.07) is 5.72. The number of amides is 2. The molecule has 0 unspecified atom stereocenters. The molecule has 0 N–H and O–H groups in total. The number of halogens is 1. The Bertz CT molecular complexity index is 622. The molecule has 6 heteroatoms. The van der Waals surface area contributed by atoms with Gasteiger partial charge in [-0.05, 0) is 24.6 Å². The number of hydrogen-bond donors (Lipinski definition) is 0. The zero-order chi connectivity index (χ0) is 16.6. The number of hydrogen-bond acceptors (Lipinski definition) is 3. The molecule has 0 spiro atoms. The fourth-order valence-electron chi connectivity index (χ4n) is 3.51. The van der Waals surface area contributed by atoms with Gasteiger partial charge < -0.3 is 14.5 Å². The number of nitrogens with zero attached hydrogens (tertiary/aromatic N) is 2. The van der Waals surface area contributed by atoms with E-state index in [0.717, 1.165) is 0 Å². The third-order valence-electron chi connectivity index (χ3n) is 4.74. The van der Waals surface area contributed by atoms with Gasteiger partial charge in [0.25, 0.3) is 0 Å². The minimum Gasteiger partial charge on any atom is -0.377 e. The molecule has 124 valence electrons. The summed E-state index contributed by atoms with van der Waals surface area (Å²) in [5, 5.41) is 0. The Kier molecular flexibility index (Phi) is 4.35. The number of carbonyl (C=O) groups excluding carboxylic acids is 2. The Labute approximate surface area is 135 Å². The first-order valence-electron chi connectivity index (χ1n) is 7.88. The van der Waals surface area contributed by atoms with Crippen molar-refractivity contribution in [3.63, 3.8) is 0 Å². The van der Waals surface area contributed by atoms with Crippen LogP contribution in [0.1, 0.15) is 24.9 Å². The normalized spacial score (nSPS) is 28.3. The van der Waals surface area contributed by atoms with Gasteiger partial charge in [-0.2, -0.15) is 0 Å². The van der Waals surface area contributed by atoms with Crippen LogP contribution < -0.4 is 0 Å². The lowest BCUT2D eigenvalue weighted by Gasteiger charge is -2.36. The van der Waals surface area contributed by atoms with Gasteiger partial charge in [-0.1, -0.05) is 12.1 Å². The third-order valence-corrected chi connectivity index (χ3v) is 4.74. The zero-order valence-electron chi connectivity index (χ0n) is 13.4. The van der Waals surface area contributed by atoms with E-state index < -0.39 is 12.0 Å². The molecular weight excluding hydrogens is 299 g/mol. The molecule has 1 aromatic rings. The second-order valence-corrected chi connectivity index (χ2v) is 6.27. The van der Waals surface area contributed by atoms with Crippen molar-refractivity contribution in [2.75, 3.05) is 26.8 Å². The quantitative estimate of drug-likeness (QED) is 0.831. The van der Waals surface area contributed by atoms with Crippen LogP contribution in [0.5, 0.6) is 0 Å². The number of rotatable bonds is 2. The lowest BCUT2D eigenvalue weighted by Crippen LogP contribution is -2.50. The van der Waals surface area contributed by atoms with Gasteiger partial charge in [0.1, 0.15) is 5.82 Å². The molecule has 23 heavy (non-hydrogen) atoms. The van der Waals surface area contributed by atoms with Crippen LogP contribution in [-0.2, 0) is 14.3 Å². The maximum absolute atomic E-state index is 13.6. The number of carbonyl (C=O) groups is 2. The van der Waals surface area contributed by atoms with Crippen LogP contribution in [0.25, 0.3) is 0 Å². The SMILES string of the molecule is C[C@H]1COCCN1C(=O)[C@@H]1CC(=O)N(C)[C@H]1c1cccc(F)c1. The summed E-state index contributed by atoms with van der Waals surface area (Å²) in [4.78, 5) is 28.5. The largest absolute Gasteiger partial charge is 0.377 e. The van der Waals surface area contributed by atoms with E-state index in [-0.39, 0.29) is 30.1 Å².